The van der Waals surface area contributed by atoms with Crippen LogP contribution in [0, 0.1) is 0 Å². The molecule has 0 nitrogen and oxygen atoms in total. The van der Waals surface area contributed by atoms with Crippen LogP contribution in [0.4, 0.5) is 0 Å². The SMILES string of the molecule is c1ccc2[c](c1)[Y][c]1cc3c(ccc4ccccc43)cc1-2. The van der Waals surface area contributed by atoms with Crippen molar-refractivity contribution in [2.45, 2.75) is 0 Å². The summed E-state index contributed by atoms with van der Waals surface area (Å²) in [6, 6.07) is 27.1. The van der Waals surface area contributed by atoms with Gasteiger partial charge in [0.1, 0.15) is 0 Å². The number of rotatable bonds is 0. The zero-order valence-electron chi connectivity index (χ0n) is 11.5. The fourth-order valence-electron chi connectivity index (χ4n) is 3.46. The Labute approximate surface area is 138 Å². The average Bonchev–Trinajstić information content (AvgIpc) is 2.90. The van der Waals surface area contributed by atoms with Crippen LogP contribution in [-0.4, -0.2) is 0 Å². The zero-order valence-corrected chi connectivity index (χ0v) is 14.3. The summed E-state index contributed by atoms with van der Waals surface area (Å²) in [4.78, 5) is 0. The van der Waals surface area contributed by atoms with Gasteiger partial charge >= 0.3 is 139 Å². The summed E-state index contributed by atoms with van der Waals surface area (Å²) in [5.41, 5.74) is 2.98. The van der Waals surface area contributed by atoms with E-state index >= 15 is 0 Å². The molecule has 0 amide bonds. The van der Waals surface area contributed by atoms with Gasteiger partial charge in [0.15, 0.2) is 0 Å². The first-order chi connectivity index (χ1) is 10.4. The Balaban J connectivity index is 1.89. The molecule has 0 saturated heterocycles. The Hall–Kier alpha value is -1.50. The van der Waals surface area contributed by atoms with Crippen molar-refractivity contribution in [1.82, 2.24) is 0 Å². The van der Waals surface area contributed by atoms with Crippen molar-refractivity contribution in [2.75, 3.05) is 0 Å². The van der Waals surface area contributed by atoms with Crippen molar-refractivity contribution < 1.29 is 29.2 Å². The molecule has 0 fully saturated rings. The van der Waals surface area contributed by atoms with E-state index in [9.17, 15) is 0 Å². The van der Waals surface area contributed by atoms with E-state index in [1.807, 2.05) is 0 Å². The third-order valence-corrected chi connectivity index (χ3v) is 8.42. The van der Waals surface area contributed by atoms with E-state index in [1.165, 1.54) is 32.7 Å². The van der Waals surface area contributed by atoms with Gasteiger partial charge in [0.2, 0.25) is 0 Å². The van der Waals surface area contributed by atoms with Crippen LogP contribution in [-0.2, 0) is 29.2 Å². The van der Waals surface area contributed by atoms with Gasteiger partial charge in [-0.25, -0.2) is 0 Å². The topological polar surface area (TPSA) is 0 Å². The summed E-state index contributed by atoms with van der Waals surface area (Å²) < 4.78 is 3.29. The molecule has 4 aromatic rings. The minimum absolute atomic E-state index is 0.821. The van der Waals surface area contributed by atoms with Crippen molar-refractivity contribution in [2.24, 2.45) is 0 Å². The van der Waals surface area contributed by atoms with Crippen molar-refractivity contribution in [1.29, 1.82) is 0 Å². The molecule has 95 valence electrons. The van der Waals surface area contributed by atoms with Crippen LogP contribution < -0.4 is 4.75 Å². The molecule has 0 unspecified atom stereocenters. The molecule has 21 heavy (non-hydrogen) atoms. The second kappa shape index (κ2) is 4.50. The average molecular weight is 341 g/mol. The van der Waals surface area contributed by atoms with E-state index in [2.05, 4.69) is 72.8 Å². The summed E-state index contributed by atoms with van der Waals surface area (Å²) in [7, 11) is 0. The maximum absolute atomic E-state index is 2.48. The maximum atomic E-state index is 2.48. The molecule has 0 radical (unpaired) electrons. The molecule has 5 rings (SSSR count). The molecule has 1 aliphatic heterocycles. The summed E-state index contributed by atoms with van der Waals surface area (Å²) in [5, 5.41) is 5.52. The molecule has 0 N–H and O–H groups in total. The van der Waals surface area contributed by atoms with Crippen LogP contribution >= 0.6 is 0 Å². The van der Waals surface area contributed by atoms with Gasteiger partial charge in [-0.05, 0) is 0 Å². The first-order valence-corrected chi connectivity index (χ1v) is 10.1. The zero-order chi connectivity index (χ0) is 13.8. The monoisotopic (exact) mass is 341 g/mol. The van der Waals surface area contributed by atoms with E-state index in [-0.39, 0.29) is 0 Å². The molecular formula is C20H12Y. The van der Waals surface area contributed by atoms with E-state index in [4.69, 9.17) is 0 Å². The third-order valence-electron chi connectivity index (χ3n) is 4.48. The van der Waals surface area contributed by atoms with Crippen LogP contribution in [0.1, 0.15) is 0 Å². The van der Waals surface area contributed by atoms with Gasteiger partial charge in [0.25, 0.3) is 0 Å². The second-order valence-electron chi connectivity index (χ2n) is 5.68. The van der Waals surface area contributed by atoms with Gasteiger partial charge in [0, 0.05) is 0 Å². The summed E-state index contributed by atoms with van der Waals surface area (Å²) in [6.45, 7) is 0. The first kappa shape index (κ1) is 12.1. The standard InChI is InChI=1S/C20H12.Y/c1-2-6-15(7-3-1)17-12-13-20-18(14-17)11-10-16-8-4-5-9-19(16)20;/h1-6,8-11,13-14H;. The van der Waals surface area contributed by atoms with Gasteiger partial charge in [-0.1, -0.05) is 0 Å². The van der Waals surface area contributed by atoms with Gasteiger partial charge in [0.05, 0.1) is 0 Å². The number of benzene rings is 4. The molecule has 0 spiro atoms. The Morgan fingerprint density at radius 3 is 2.33 bits per heavy atom. The molecule has 0 bridgehead atoms. The quantitative estimate of drug-likeness (QED) is 0.374. The molecule has 4 aromatic carbocycles. The van der Waals surface area contributed by atoms with Crippen molar-refractivity contribution in [3.05, 3.63) is 72.8 Å². The van der Waals surface area contributed by atoms with Crippen LogP contribution in [0.3, 0.4) is 0 Å². The second-order valence-corrected chi connectivity index (χ2v) is 9.45. The van der Waals surface area contributed by atoms with Gasteiger partial charge in [-0.15, -0.1) is 0 Å². The Bertz CT molecular complexity index is 1010. The number of hydrogen-bond acceptors (Lipinski definition) is 0. The predicted molar refractivity (Wildman–Crippen MR) is 86.2 cm³/mol. The fraction of sp³-hybridized carbons (Fsp3) is 0. The molecule has 1 heteroatoms. The molecule has 1 heterocycles. The Kier molecular flexibility index (Phi) is 2.59. The van der Waals surface area contributed by atoms with Crippen LogP contribution in [0.25, 0.3) is 32.7 Å². The molecule has 0 aliphatic carbocycles. The Morgan fingerprint density at radius 2 is 1.33 bits per heavy atom. The van der Waals surface area contributed by atoms with Gasteiger partial charge in [-0.2, -0.15) is 0 Å². The fourth-order valence-corrected chi connectivity index (χ4v) is 7.38. The van der Waals surface area contributed by atoms with Crippen LogP contribution in [0.15, 0.2) is 72.8 Å². The molecule has 0 saturated carbocycles. The van der Waals surface area contributed by atoms with E-state index in [0.29, 0.717) is 0 Å². The number of hydrogen-bond donors (Lipinski definition) is 0. The predicted octanol–water partition coefficient (Wildman–Crippen LogP) is 4.01. The summed E-state index contributed by atoms with van der Waals surface area (Å²) >= 11 is -0.821. The van der Waals surface area contributed by atoms with Crippen molar-refractivity contribution in [3.8, 4) is 11.1 Å². The van der Waals surface area contributed by atoms with Gasteiger partial charge < -0.3 is 0 Å². The van der Waals surface area contributed by atoms with Crippen molar-refractivity contribution >= 4 is 26.3 Å². The van der Waals surface area contributed by atoms with Crippen molar-refractivity contribution in [3.63, 3.8) is 0 Å². The van der Waals surface area contributed by atoms with Crippen LogP contribution in [0.2, 0.25) is 0 Å². The summed E-state index contributed by atoms with van der Waals surface area (Å²) in [6.07, 6.45) is 0. The molecular weight excluding hydrogens is 329 g/mol. The van der Waals surface area contributed by atoms with E-state index in [1.54, 1.807) is 4.75 Å². The Morgan fingerprint density at radius 1 is 0.524 bits per heavy atom. The normalized spacial score (nSPS) is 11.8. The van der Waals surface area contributed by atoms with Gasteiger partial charge in [-0.3, -0.25) is 0 Å². The molecule has 0 atom stereocenters. The first-order valence-electron chi connectivity index (χ1n) is 7.30. The number of fused-ring (bicyclic) bond motifs is 6. The van der Waals surface area contributed by atoms with E-state index in [0.717, 1.165) is 0 Å². The van der Waals surface area contributed by atoms with E-state index < -0.39 is 29.2 Å². The minimum atomic E-state index is -0.821. The van der Waals surface area contributed by atoms with Crippen LogP contribution in [0.5, 0.6) is 0 Å². The molecule has 1 aliphatic rings. The summed E-state index contributed by atoms with van der Waals surface area (Å²) in [5.74, 6) is 0. The molecule has 0 aromatic heterocycles. The third kappa shape index (κ3) is 1.76.